The van der Waals surface area contributed by atoms with Gasteiger partial charge in [0.2, 0.25) is 0 Å². The molecule has 0 fully saturated rings. The molecule has 1 aromatic carbocycles. The van der Waals surface area contributed by atoms with E-state index in [-0.39, 0.29) is 0 Å². The lowest BCUT2D eigenvalue weighted by Gasteiger charge is -2.12. The second-order valence-electron chi connectivity index (χ2n) is 5.17. The first-order valence-electron chi connectivity index (χ1n) is 6.93. The Labute approximate surface area is 124 Å². The highest BCUT2D eigenvalue weighted by Gasteiger charge is 2.01. The molecule has 106 valence electrons. The molecule has 0 atom stereocenters. The third kappa shape index (κ3) is 2.94. The van der Waals surface area contributed by atoms with E-state index in [0.717, 1.165) is 23.4 Å². The summed E-state index contributed by atoms with van der Waals surface area (Å²) < 4.78 is 0. The molecule has 0 aliphatic rings. The highest BCUT2D eigenvalue weighted by atomic mass is 15.1. The zero-order valence-corrected chi connectivity index (χ0v) is 12.2. The number of rotatable bonds is 4. The predicted octanol–water partition coefficient (Wildman–Crippen LogP) is 3.31. The van der Waals surface area contributed by atoms with E-state index < -0.39 is 0 Å². The second-order valence-corrected chi connectivity index (χ2v) is 5.17. The van der Waals surface area contributed by atoms with E-state index in [0.29, 0.717) is 0 Å². The molecule has 1 N–H and O–H groups in total. The van der Waals surface area contributed by atoms with Crippen molar-refractivity contribution in [3.05, 3.63) is 60.6 Å². The number of benzene rings is 1. The van der Waals surface area contributed by atoms with Crippen LogP contribution in [0.5, 0.6) is 0 Å². The van der Waals surface area contributed by atoms with E-state index in [1.165, 1.54) is 10.9 Å². The number of pyridine rings is 2. The van der Waals surface area contributed by atoms with Gasteiger partial charge in [-0.1, -0.05) is 18.2 Å². The molecular formula is C17H18N4. The standard InChI is InChI=1S/C17H18N4/c1-21(2)17-7-6-15(12-20-17)19-11-14-5-3-4-13-10-18-9-8-16(13)14/h3-10,12,19H,11H2,1-2H3. The summed E-state index contributed by atoms with van der Waals surface area (Å²) in [7, 11) is 3.97. The van der Waals surface area contributed by atoms with Crippen molar-refractivity contribution in [3.63, 3.8) is 0 Å². The SMILES string of the molecule is CN(C)c1ccc(NCc2cccc3cnccc23)cn1. The molecule has 0 saturated carbocycles. The molecule has 4 nitrogen and oxygen atoms in total. The molecule has 0 radical (unpaired) electrons. The van der Waals surface area contributed by atoms with Gasteiger partial charge in [-0.3, -0.25) is 4.98 Å². The third-order valence-electron chi connectivity index (χ3n) is 3.46. The first-order chi connectivity index (χ1) is 10.2. The van der Waals surface area contributed by atoms with Gasteiger partial charge < -0.3 is 10.2 Å². The zero-order valence-electron chi connectivity index (χ0n) is 12.2. The van der Waals surface area contributed by atoms with Crippen LogP contribution in [0.15, 0.2) is 55.0 Å². The van der Waals surface area contributed by atoms with Gasteiger partial charge in [0, 0.05) is 38.4 Å². The van der Waals surface area contributed by atoms with E-state index in [2.05, 4.69) is 45.6 Å². The second kappa shape index (κ2) is 5.79. The average molecular weight is 278 g/mol. The molecule has 0 amide bonds. The molecule has 0 spiro atoms. The monoisotopic (exact) mass is 278 g/mol. The number of nitrogens with one attached hydrogen (secondary N) is 1. The Bertz CT molecular complexity index is 730. The minimum atomic E-state index is 0.768. The Morgan fingerprint density at radius 2 is 1.95 bits per heavy atom. The maximum absolute atomic E-state index is 4.41. The Morgan fingerprint density at radius 3 is 2.71 bits per heavy atom. The molecule has 2 heterocycles. The molecule has 3 aromatic rings. The molecule has 4 heteroatoms. The molecule has 3 rings (SSSR count). The molecule has 0 aliphatic heterocycles. The minimum Gasteiger partial charge on any atom is -0.380 e. The quantitative estimate of drug-likeness (QED) is 0.795. The van der Waals surface area contributed by atoms with Gasteiger partial charge in [0.05, 0.1) is 11.9 Å². The number of hydrogen-bond acceptors (Lipinski definition) is 4. The summed E-state index contributed by atoms with van der Waals surface area (Å²) in [6.07, 6.45) is 5.59. The number of aromatic nitrogens is 2. The van der Waals surface area contributed by atoms with E-state index in [9.17, 15) is 0 Å². The number of fused-ring (bicyclic) bond motifs is 1. The zero-order chi connectivity index (χ0) is 14.7. The summed E-state index contributed by atoms with van der Waals surface area (Å²) in [5, 5.41) is 5.82. The Morgan fingerprint density at radius 1 is 1.05 bits per heavy atom. The van der Waals surface area contributed by atoms with Crippen LogP contribution in [-0.2, 0) is 6.54 Å². The van der Waals surface area contributed by atoms with Gasteiger partial charge in [-0.25, -0.2) is 4.98 Å². The highest BCUT2D eigenvalue weighted by Crippen LogP contribution is 2.19. The van der Waals surface area contributed by atoms with Crippen LogP contribution in [0.2, 0.25) is 0 Å². The van der Waals surface area contributed by atoms with Crippen LogP contribution in [-0.4, -0.2) is 24.1 Å². The fourth-order valence-corrected chi connectivity index (χ4v) is 2.30. The van der Waals surface area contributed by atoms with Crippen molar-refractivity contribution >= 4 is 22.3 Å². The molecule has 0 unspecified atom stereocenters. The number of anilines is 2. The highest BCUT2D eigenvalue weighted by molar-refractivity contribution is 5.84. The van der Waals surface area contributed by atoms with E-state index in [1.807, 2.05) is 43.7 Å². The summed E-state index contributed by atoms with van der Waals surface area (Å²) in [5.74, 6) is 0.955. The summed E-state index contributed by atoms with van der Waals surface area (Å²) in [6.45, 7) is 0.768. The van der Waals surface area contributed by atoms with Crippen LogP contribution in [0.1, 0.15) is 5.56 Å². The summed E-state index contributed by atoms with van der Waals surface area (Å²) in [5.41, 5.74) is 2.28. The van der Waals surface area contributed by atoms with E-state index in [1.54, 1.807) is 0 Å². The fourth-order valence-electron chi connectivity index (χ4n) is 2.30. The largest absolute Gasteiger partial charge is 0.380 e. The Balaban J connectivity index is 1.77. The van der Waals surface area contributed by atoms with Gasteiger partial charge in [0.15, 0.2) is 0 Å². The normalized spacial score (nSPS) is 10.6. The van der Waals surface area contributed by atoms with Crippen molar-refractivity contribution in [1.82, 2.24) is 9.97 Å². The predicted molar refractivity (Wildman–Crippen MR) is 87.6 cm³/mol. The van der Waals surface area contributed by atoms with Crippen molar-refractivity contribution in [1.29, 1.82) is 0 Å². The lowest BCUT2D eigenvalue weighted by atomic mass is 10.1. The Hall–Kier alpha value is -2.62. The van der Waals surface area contributed by atoms with Crippen LogP contribution in [0.4, 0.5) is 11.5 Å². The average Bonchev–Trinajstić information content (AvgIpc) is 2.53. The van der Waals surface area contributed by atoms with Crippen molar-refractivity contribution in [2.45, 2.75) is 6.54 Å². The van der Waals surface area contributed by atoms with Crippen molar-refractivity contribution < 1.29 is 0 Å². The van der Waals surface area contributed by atoms with E-state index in [4.69, 9.17) is 0 Å². The van der Waals surface area contributed by atoms with Crippen LogP contribution in [0.25, 0.3) is 10.8 Å². The topological polar surface area (TPSA) is 41.0 Å². The van der Waals surface area contributed by atoms with Gasteiger partial charge in [-0.05, 0) is 29.1 Å². The van der Waals surface area contributed by atoms with Crippen LogP contribution in [0, 0.1) is 0 Å². The Kier molecular flexibility index (Phi) is 3.69. The number of nitrogens with zero attached hydrogens (tertiary/aromatic N) is 3. The fraction of sp³-hybridized carbons (Fsp3) is 0.176. The maximum Gasteiger partial charge on any atom is 0.128 e. The molecule has 0 bridgehead atoms. The molecule has 0 saturated heterocycles. The first kappa shape index (κ1) is 13.4. The molecule has 21 heavy (non-hydrogen) atoms. The third-order valence-corrected chi connectivity index (χ3v) is 3.46. The molecule has 2 aromatic heterocycles. The van der Waals surface area contributed by atoms with Gasteiger partial charge >= 0.3 is 0 Å². The maximum atomic E-state index is 4.41. The van der Waals surface area contributed by atoms with E-state index >= 15 is 0 Å². The van der Waals surface area contributed by atoms with Gasteiger partial charge in [0.1, 0.15) is 5.82 Å². The van der Waals surface area contributed by atoms with Crippen molar-refractivity contribution in [2.24, 2.45) is 0 Å². The van der Waals surface area contributed by atoms with Crippen molar-refractivity contribution in [3.8, 4) is 0 Å². The molecule has 0 aliphatic carbocycles. The van der Waals surface area contributed by atoms with Crippen molar-refractivity contribution in [2.75, 3.05) is 24.3 Å². The lowest BCUT2D eigenvalue weighted by Crippen LogP contribution is -2.10. The van der Waals surface area contributed by atoms with Gasteiger partial charge in [-0.2, -0.15) is 0 Å². The van der Waals surface area contributed by atoms with Gasteiger partial charge in [0.25, 0.3) is 0 Å². The van der Waals surface area contributed by atoms with Gasteiger partial charge in [-0.15, -0.1) is 0 Å². The van der Waals surface area contributed by atoms with Crippen LogP contribution < -0.4 is 10.2 Å². The summed E-state index contributed by atoms with van der Waals surface area (Å²) in [6, 6.07) is 12.4. The number of hydrogen-bond donors (Lipinski definition) is 1. The van der Waals surface area contributed by atoms with Crippen LogP contribution >= 0.6 is 0 Å². The summed E-state index contributed by atoms with van der Waals surface area (Å²) >= 11 is 0. The molecular weight excluding hydrogens is 260 g/mol. The van der Waals surface area contributed by atoms with Crippen LogP contribution in [0.3, 0.4) is 0 Å². The summed E-state index contributed by atoms with van der Waals surface area (Å²) in [4.78, 5) is 10.6. The smallest absolute Gasteiger partial charge is 0.128 e. The minimum absolute atomic E-state index is 0.768. The first-order valence-corrected chi connectivity index (χ1v) is 6.93. The lowest BCUT2D eigenvalue weighted by molar-refractivity contribution is 1.06.